The summed E-state index contributed by atoms with van der Waals surface area (Å²) in [7, 11) is 0. The molecule has 1 aliphatic rings. The van der Waals surface area contributed by atoms with Gasteiger partial charge >= 0.3 is 0 Å². The normalized spacial score (nSPS) is 19.7. The fourth-order valence-corrected chi connectivity index (χ4v) is 1.87. The van der Waals surface area contributed by atoms with Crippen molar-refractivity contribution in [3.05, 3.63) is 33.3 Å². The monoisotopic (exact) mass is 242 g/mol. The molecular weight excluding hydrogens is 232 g/mol. The van der Waals surface area contributed by atoms with Crippen molar-refractivity contribution < 1.29 is 9.66 Å². The Morgan fingerprint density at radius 2 is 2.38 bits per heavy atom. The lowest BCUT2D eigenvalue weighted by molar-refractivity contribution is -0.384. The van der Waals surface area contributed by atoms with E-state index in [4.69, 9.17) is 16.3 Å². The summed E-state index contributed by atoms with van der Waals surface area (Å²) < 4.78 is 5.62. The van der Waals surface area contributed by atoms with E-state index >= 15 is 0 Å². The van der Waals surface area contributed by atoms with Crippen molar-refractivity contribution in [3.63, 3.8) is 0 Å². The van der Waals surface area contributed by atoms with Gasteiger partial charge in [0.2, 0.25) is 0 Å². The maximum absolute atomic E-state index is 10.5. The zero-order valence-corrected chi connectivity index (χ0v) is 9.24. The largest absolute Gasteiger partial charge is 0.489 e. The molecule has 1 fully saturated rings. The summed E-state index contributed by atoms with van der Waals surface area (Å²) in [6, 6.07) is 4.42. The number of nitrogens with one attached hydrogen (secondary N) is 1. The van der Waals surface area contributed by atoms with Crippen molar-refractivity contribution in [2.45, 2.75) is 12.5 Å². The van der Waals surface area contributed by atoms with Gasteiger partial charge in [-0.1, -0.05) is 11.6 Å². The van der Waals surface area contributed by atoms with E-state index < -0.39 is 4.92 Å². The van der Waals surface area contributed by atoms with Crippen molar-refractivity contribution in [3.8, 4) is 5.75 Å². The van der Waals surface area contributed by atoms with E-state index in [9.17, 15) is 10.1 Å². The molecule has 5 nitrogen and oxygen atoms in total. The molecule has 0 spiro atoms. The first kappa shape index (κ1) is 11.2. The van der Waals surface area contributed by atoms with Crippen LogP contribution in [0.4, 0.5) is 5.69 Å². The molecule has 2 rings (SSSR count). The fraction of sp³-hybridized carbons (Fsp3) is 0.400. The van der Waals surface area contributed by atoms with Gasteiger partial charge < -0.3 is 10.1 Å². The van der Waals surface area contributed by atoms with Crippen molar-refractivity contribution in [1.29, 1.82) is 0 Å². The fourth-order valence-electron chi connectivity index (χ4n) is 1.63. The van der Waals surface area contributed by atoms with Crippen molar-refractivity contribution in [2.75, 3.05) is 13.1 Å². The predicted octanol–water partition coefficient (Wildman–Crippen LogP) is 1.99. The molecule has 0 unspecified atom stereocenters. The lowest BCUT2D eigenvalue weighted by Gasteiger charge is -2.12. The van der Waals surface area contributed by atoms with Crippen LogP contribution in [0.25, 0.3) is 0 Å². The molecule has 0 aliphatic carbocycles. The zero-order valence-electron chi connectivity index (χ0n) is 8.48. The molecule has 6 heteroatoms. The second-order valence-corrected chi connectivity index (χ2v) is 4.01. The topological polar surface area (TPSA) is 64.4 Å². The number of rotatable bonds is 3. The van der Waals surface area contributed by atoms with E-state index in [1.165, 1.54) is 12.1 Å². The number of nitrogens with zero attached hydrogens (tertiary/aromatic N) is 1. The van der Waals surface area contributed by atoms with Crippen LogP contribution in [0, 0.1) is 10.1 Å². The van der Waals surface area contributed by atoms with E-state index in [0.29, 0.717) is 5.75 Å². The minimum Gasteiger partial charge on any atom is -0.489 e. The molecule has 0 saturated carbocycles. The summed E-state index contributed by atoms with van der Waals surface area (Å²) in [5.74, 6) is 0.573. The van der Waals surface area contributed by atoms with Crippen molar-refractivity contribution >= 4 is 17.3 Å². The molecule has 1 aromatic rings. The number of hydrogen-bond donors (Lipinski definition) is 1. The smallest absolute Gasteiger partial charge is 0.288 e. The average Bonchev–Trinajstić information content (AvgIpc) is 2.70. The van der Waals surface area contributed by atoms with E-state index in [1.807, 2.05) is 0 Å². The van der Waals surface area contributed by atoms with Gasteiger partial charge in [0.05, 0.1) is 4.92 Å². The molecule has 1 atom stereocenters. The first-order valence-corrected chi connectivity index (χ1v) is 5.36. The maximum atomic E-state index is 10.5. The molecule has 0 bridgehead atoms. The van der Waals surface area contributed by atoms with Crippen molar-refractivity contribution in [2.24, 2.45) is 0 Å². The molecule has 1 saturated heterocycles. The molecule has 1 aromatic carbocycles. The van der Waals surface area contributed by atoms with Crippen LogP contribution in [0.15, 0.2) is 18.2 Å². The van der Waals surface area contributed by atoms with E-state index in [-0.39, 0.29) is 16.8 Å². The summed E-state index contributed by atoms with van der Waals surface area (Å²) in [5, 5.41) is 13.8. The van der Waals surface area contributed by atoms with Gasteiger partial charge in [0.1, 0.15) is 16.9 Å². The molecule has 1 heterocycles. The Morgan fingerprint density at radius 3 is 2.94 bits per heavy atom. The number of nitro benzene ring substituents is 1. The highest BCUT2D eigenvalue weighted by Crippen LogP contribution is 2.29. The van der Waals surface area contributed by atoms with Gasteiger partial charge in [0.15, 0.2) is 0 Å². The number of ether oxygens (including phenoxy) is 1. The number of benzene rings is 1. The van der Waals surface area contributed by atoms with Gasteiger partial charge in [-0.25, -0.2) is 0 Å². The standard InChI is InChI=1S/C10H11ClN2O3/c11-9-5-7(1-2-10(9)13(14)15)16-8-3-4-12-6-8/h1-2,5,8,12H,3-4,6H2/t8-/m1/s1. The molecule has 1 N–H and O–H groups in total. The first-order chi connectivity index (χ1) is 7.66. The van der Waals surface area contributed by atoms with Gasteiger partial charge in [-0.3, -0.25) is 10.1 Å². The van der Waals surface area contributed by atoms with Gasteiger partial charge in [-0.15, -0.1) is 0 Å². The molecule has 0 amide bonds. The van der Waals surface area contributed by atoms with Crippen LogP contribution in [-0.4, -0.2) is 24.1 Å². The second-order valence-electron chi connectivity index (χ2n) is 3.60. The second kappa shape index (κ2) is 4.67. The van der Waals surface area contributed by atoms with E-state index in [0.717, 1.165) is 19.5 Å². The molecule has 0 aromatic heterocycles. The van der Waals surface area contributed by atoms with Crippen LogP contribution in [-0.2, 0) is 0 Å². The van der Waals surface area contributed by atoms with Crippen LogP contribution in [0.3, 0.4) is 0 Å². The Hall–Kier alpha value is -1.33. The number of nitro groups is 1. The zero-order chi connectivity index (χ0) is 11.5. The maximum Gasteiger partial charge on any atom is 0.288 e. The van der Waals surface area contributed by atoms with Crippen molar-refractivity contribution in [1.82, 2.24) is 5.32 Å². The lowest BCUT2D eigenvalue weighted by Crippen LogP contribution is -2.19. The predicted molar refractivity (Wildman–Crippen MR) is 60.0 cm³/mol. The van der Waals surface area contributed by atoms with Gasteiger partial charge in [0, 0.05) is 18.7 Å². The Bertz CT molecular complexity index is 405. The number of halogens is 1. The Balaban J connectivity index is 2.11. The van der Waals surface area contributed by atoms with Gasteiger partial charge in [-0.05, 0) is 19.0 Å². The van der Waals surface area contributed by atoms with E-state index in [2.05, 4.69) is 5.32 Å². The van der Waals surface area contributed by atoms with Crippen LogP contribution >= 0.6 is 11.6 Å². The van der Waals surface area contributed by atoms with Gasteiger partial charge in [-0.2, -0.15) is 0 Å². The van der Waals surface area contributed by atoms with Crippen LogP contribution in [0.5, 0.6) is 5.75 Å². The first-order valence-electron chi connectivity index (χ1n) is 4.98. The lowest BCUT2D eigenvalue weighted by atomic mass is 10.3. The highest BCUT2D eigenvalue weighted by molar-refractivity contribution is 6.32. The Kier molecular flexibility index (Phi) is 3.26. The summed E-state index contributed by atoms with van der Waals surface area (Å²) in [6.07, 6.45) is 1.06. The highest BCUT2D eigenvalue weighted by Gasteiger charge is 2.18. The summed E-state index contributed by atoms with van der Waals surface area (Å²) >= 11 is 5.77. The average molecular weight is 243 g/mol. The van der Waals surface area contributed by atoms with E-state index in [1.54, 1.807) is 6.07 Å². The summed E-state index contributed by atoms with van der Waals surface area (Å²) in [6.45, 7) is 1.74. The van der Waals surface area contributed by atoms with Crippen LogP contribution < -0.4 is 10.1 Å². The van der Waals surface area contributed by atoms with Crippen LogP contribution in [0.1, 0.15) is 6.42 Å². The SMILES string of the molecule is O=[N+]([O-])c1ccc(O[C@@H]2CCNC2)cc1Cl. The Labute approximate surface area is 97.5 Å². The summed E-state index contributed by atoms with van der Waals surface area (Å²) in [4.78, 5) is 10.0. The minimum atomic E-state index is -0.511. The molecule has 86 valence electrons. The molecular formula is C10H11ClN2O3. The summed E-state index contributed by atoms with van der Waals surface area (Å²) in [5.41, 5.74) is -0.0986. The Morgan fingerprint density at radius 1 is 1.56 bits per heavy atom. The third kappa shape index (κ3) is 2.43. The quantitative estimate of drug-likeness (QED) is 0.650. The van der Waals surface area contributed by atoms with Gasteiger partial charge in [0.25, 0.3) is 5.69 Å². The third-order valence-electron chi connectivity index (χ3n) is 2.43. The molecule has 1 aliphatic heterocycles. The third-order valence-corrected chi connectivity index (χ3v) is 2.74. The minimum absolute atomic E-state index is 0.0986. The highest BCUT2D eigenvalue weighted by atomic mass is 35.5. The molecule has 0 radical (unpaired) electrons. The number of hydrogen-bond acceptors (Lipinski definition) is 4. The van der Waals surface area contributed by atoms with Crippen LogP contribution in [0.2, 0.25) is 5.02 Å². The molecule has 16 heavy (non-hydrogen) atoms.